The lowest BCUT2D eigenvalue weighted by Crippen LogP contribution is -2.33. The van der Waals surface area contributed by atoms with Crippen LogP contribution in [-0.4, -0.2) is 36.4 Å². The minimum Gasteiger partial charge on any atom is -0.439 e. The number of amides is 1. The normalized spacial score (nSPS) is 15.9. The molecule has 1 amide bonds. The summed E-state index contributed by atoms with van der Waals surface area (Å²) in [6.07, 6.45) is 3.86. The van der Waals surface area contributed by atoms with Gasteiger partial charge in [0.25, 0.3) is 5.92 Å². The second kappa shape index (κ2) is 8.17. The number of hydrogen-bond donors (Lipinski definition) is 2. The average molecular weight is 467 g/mol. The molecular formula is C23H23F2N7O2. The van der Waals surface area contributed by atoms with Crippen molar-refractivity contribution in [1.82, 2.24) is 29.6 Å². The van der Waals surface area contributed by atoms with Crippen molar-refractivity contribution in [3.63, 3.8) is 0 Å². The quantitative estimate of drug-likeness (QED) is 0.467. The van der Waals surface area contributed by atoms with Gasteiger partial charge in [-0.05, 0) is 37.6 Å². The molecule has 0 aliphatic carbocycles. The lowest BCUT2D eigenvalue weighted by Gasteiger charge is -2.23. The van der Waals surface area contributed by atoms with Crippen molar-refractivity contribution in [3.05, 3.63) is 59.8 Å². The van der Waals surface area contributed by atoms with Crippen molar-refractivity contribution in [2.24, 2.45) is 7.05 Å². The number of nitrogens with one attached hydrogen (secondary N) is 2. The fourth-order valence-electron chi connectivity index (χ4n) is 4.11. The molecule has 34 heavy (non-hydrogen) atoms. The van der Waals surface area contributed by atoms with Gasteiger partial charge in [0.05, 0.1) is 11.2 Å². The highest BCUT2D eigenvalue weighted by atomic mass is 19.3. The second-order valence-corrected chi connectivity index (χ2v) is 8.46. The molecule has 1 atom stereocenters. The fourth-order valence-corrected chi connectivity index (χ4v) is 4.11. The van der Waals surface area contributed by atoms with Gasteiger partial charge in [-0.3, -0.25) is 14.6 Å². The Morgan fingerprint density at radius 1 is 1.26 bits per heavy atom. The van der Waals surface area contributed by atoms with E-state index in [-0.39, 0.29) is 11.5 Å². The molecular weight excluding hydrogens is 444 g/mol. The van der Waals surface area contributed by atoms with Crippen LogP contribution >= 0.6 is 0 Å². The van der Waals surface area contributed by atoms with E-state index in [2.05, 4.69) is 32.6 Å². The summed E-state index contributed by atoms with van der Waals surface area (Å²) in [6.45, 7) is 3.54. The maximum atomic E-state index is 13.7. The summed E-state index contributed by atoms with van der Waals surface area (Å²) in [5, 5.41) is 10.7. The van der Waals surface area contributed by atoms with Crippen molar-refractivity contribution in [3.8, 4) is 11.6 Å². The van der Waals surface area contributed by atoms with Crippen LogP contribution in [0.5, 0.6) is 11.6 Å². The van der Waals surface area contributed by atoms with Crippen LogP contribution in [0.4, 0.5) is 19.4 Å². The SMILES string of the molecule is C[C@H]1Cc2c(ncnc2Oc2ccc3c(ccn3C(=O)Nc3cc(C(C)(F)F)n(C)n3)c2)CN1. The van der Waals surface area contributed by atoms with Crippen molar-refractivity contribution in [2.75, 3.05) is 5.32 Å². The van der Waals surface area contributed by atoms with Crippen LogP contribution in [-0.2, 0) is 25.9 Å². The number of aryl methyl sites for hydroxylation is 1. The van der Waals surface area contributed by atoms with Crippen LogP contribution in [0.15, 0.2) is 42.9 Å². The summed E-state index contributed by atoms with van der Waals surface area (Å²) in [4.78, 5) is 21.4. The first kappa shape index (κ1) is 22.0. The number of rotatable bonds is 4. The highest BCUT2D eigenvalue weighted by Gasteiger charge is 2.29. The molecule has 1 aliphatic heterocycles. The molecule has 1 aromatic carbocycles. The summed E-state index contributed by atoms with van der Waals surface area (Å²) >= 11 is 0. The van der Waals surface area contributed by atoms with Crippen LogP contribution in [0.25, 0.3) is 10.9 Å². The Morgan fingerprint density at radius 3 is 2.85 bits per heavy atom. The number of aromatic nitrogens is 5. The Hall–Kier alpha value is -3.86. The number of nitrogens with zero attached hydrogens (tertiary/aromatic N) is 5. The third kappa shape index (κ3) is 4.10. The topological polar surface area (TPSA) is 98.9 Å². The van der Waals surface area contributed by atoms with Gasteiger partial charge in [0, 0.05) is 49.8 Å². The van der Waals surface area contributed by atoms with Crippen LogP contribution in [0, 0.1) is 0 Å². The predicted molar refractivity (Wildman–Crippen MR) is 121 cm³/mol. The Bertz CT molecular complexity index is 1390. The van der Waals surface area contributed by atoms with Gasteiger partial charge in [0.1, 0.15) is 17.8 Å². The van der Waals surface area contributed by atoms with Gasteiger partial charge in [-0.25, -0.2) is 14.8 Å². The van der Waals surface area contributed by atoms with Crippen LogP contribution in [0.1, 0.15) is 30.8 Å². The van der Waals surface area contributed by atoms with E-state index in [1.165, 1.54) is 17.9 Å². The zero-order valence-corrected chi connectivity index (χ0v) is 18.8. The average Bonchev–Trinajstić information content (AvgIpc) is 3.37. The van der Waals surface area contributed by atoms with Crippen molar-refractivity contribution in [1.29, 1.82) is 0 Å². The molecule has 0 spiro atoms. The lowest BCUT2D eigenvalue weighted by atomic mass is 10.0. The van der Waals surface area contributed by atoms with Gasteiger partial charge in [0.15, 0.2) is 5.82 Å². The van der Waals surface area contributed by atoms with Crippen molar-refractivity contribution in [2.45, 2.75) is 38.8 Å². The van der Waals surface area contributed by atoms with E-state index in [1.807, 2.05) is 6.07 Å². The monoisotopic (exact) mass is 467 g/mol. The molecule has 2 N–H and O–H groups in total. The summed E-state index contributed by atoms with van der Waals surface area (Å²) in [5.41, 5.74) is 2.24. The summed E-state index contributed by atoms with van der Waals surface area (Å²) < 4.78 is 35.8. The number of anilines is 1. The molecule has 176 valence electrons. The maximum absolute atomic E-state index is 13.7. The van der Waals surface area contributed by atoms with Crippen LogP contribution in [0.3, 0.4) is 0 Å². The Balaban J connectivity index is 1.37. The minimum atomic E-state index is -3.07. The molecule has 4 aromatic rings. The number of ether oxygens (including phenoxy) is 1. The van der Waals surface area contributed by atoms with E-state index < -0.39 is 12.0 Å². The van der Waals surface area contributed by atoms with E-state index in [0.717, 1.165) is 40.7 Å². The molecule has 11 heteroatoms. The van der Waals surface area contributed by atoms with Gasteiger partial charge in [0.2, 0.25) is 5.88 Å². The standard InChI is InChI=1S/C23H23F2N7O2/c1-13-8-16-17(11-26-13)27-12-28-21(16)34-15-4-5-18-14(9-15)6-7-32(18)22(33)29-20-10-19(23(2,24)25)31(3)30-20/h4-7,9-10,12-13,26H,8,11H2,1-3H3,(H,29,30,33)/t13-/m0/s1. The molecule has 1 aliphatic rings. The molecule has 0 saturated heterocycles. The molecule has 0 unspecified atom stereocenters. The number of hydrogen-bond acceptors (Lipinski definition) is 6. The first-order valence-corrected chi connectivity index (χ1v) is 10.8. The maximum Gasteiger partial charge on any atom is 0.331 e. The smallest absolute Gasteiger partial charge is 0.331 e. The predicted octanol–water partition coefficient (Wildman–Crippen LogP) is 4.18. The third-order valence-corrected chi connectivity index (χ3v) is 5.78. The molecule has 0 radical (unpaired) electrons. The molecule has 3 aromatic heterocycles. The molecule has 0 fully saturated rings. The second-order valence-electron chi connectivity index (χ2n) is 8.46. The van der Waals surface area contributed by atoms with Gasteiger partial charge < -0.3 is 10.1 Å². The number of alkyl halides is 2. The van der Waals surface area contributed by atoms with Crippen molar-refractivity contribution < 1.29 is 18.3 Å². The largest absolute Gasteiger partial charge is 0.439 e. The molecule has 9 nitrogen and oxygen atoms in total. The molecule has 0 bridgehead atoms. The first-order valence-electron chi connectivity index (χ1n) is 10.8. The zero-order valence-electron chi connectivity index (χ0n) is 18.8. The highest BCUT2D eigenvalue weighted by molar-refractivity contribution is 5.98. The Morgan fingerprint density at radius 2 is 2.09 bits per heavy atom. The van der Waals surface area contributed by atoms with Crippen LogP contribution in [0.2, 0.25) is 0 Å². The van der Waals surface area contributed by atoms with Gasteiger partial charge in [-0.1, -0.05) is 0 Å². The molecule has 4 heterocycles. The van der Waals surface area contributed by atoms with Crippen LogP contribution < -0.4 is 15.4 Å². The van der Waals surface area contributed by atoms with E-state index >= 15 is 0 Å². The third-order valence-electron chi connectivity index (χ3n) is 5.78. The van der Waals surface area contributed by atoms with Gasteiger partial charge in [-0.2, -0.15) is 13.9 Å². The lowest BCUT2D eigenvalue weighted by molar-refractivity contribution is 0.00883. The number of halogens is 2. The summed E-state index contributed by atoms with van der Waals surface area (Å²) in [6, 6.07) is 8.04. The van der Waals surface area contributed by atoms with Crippen molar-refractivity contribution >= 4 is 22.8 Å². The number of carbonyl (C=O) groups excluding carboxylic acids is 1. The molecule has 0 saturated carbocycles. The van der Waals surface area contributed by atoms with Gasteiger partial charge in [-0.15, -0.1) is 0 Å². The fraction of sp³-hybridized carbons (Fsp3) is 0.304. The summed E-state index contributed by atoms with van der Waals surface area (Å²) in [7, 11) is 1.40. The number of benzene rings is 1. The zero-order chi connectivity index (χ0) is 24.0. The van der Waals surface area contributed by atoms with E-state index in [0.29, 0.717) is 29.7 Å². The molecule has 5 rings (SSSR count). The van der Waals surface area contributed by atoms with E-state index in [1.54, 1.807) is 24.4 Å². The Labute approximate surface area is 193 Å². The first-order chi connectivity index (χ1) is 16.2. The number of fused-ring (bicyclic) bond motifs is 2. The minimum absolute atomic E-state index is 0.0445. The van der Waals surface area contributed by atoms with E-state index in [4.69, 9.17) is 4.74 Å². The van der Waals surface area contributed by atoms with Gasteiger partial charge >= 0.3 is 6.03 Å². The highest BCUT2D eigenvalue weighted by Crippen LogP contribution is 2.31. The van der Waals surface area contributed by atoms with E-state index in [9.17, 15) is 13.6 Å². The Kier molecular flexibility index (Phi) is 5.28. The summed E-state index contributed by atoms with van der Waals surface area (Å²) in [5.74, 6) is -1.92. The number of carbonyl (C=O) groups is 1.